The highest BCUT2D eigenvalue weighted by atomic mass is 35.5. The van der Waals surface area contributed by atoms with Gasteiger partial charge in [-0.1, -0.05) is 82.5 Å². The zero-order valence-electron chi connectivity index (χ0n) is 21.5. The number of allylic oxidation sites excluding steroid dienone is 1. The van der Waals surface area contributed by atoms with Crippen molar-refractivity contribution in [2.45, 2.75) is 26.5 Å². The zero-order valence-corrected chi connectivity index (χ0v) is 24.6. The van der Waals surface area contributed by atoms with Crippen molar-refractivity contribution in [3.63, 3.8) is 0 Å². The molecule has 0 amide bonds. The molecule has 1 aromatic heterocycles. The molecule has 6 nitrogen and oxygen atoms in total. The molecule has 0 N–H and O–H groups in total. The Morgan fingerprint density at radius 3 is 2.60 bits per heavy atom. The summed E-state index contributed by atoms with van der Waals surface area (Å²) in [4.78, 5) is 31.9. The number of thiazole rings is 1. The van der Waals surface area contributed by atoms with Crippen LogP contribution in [0.5, 0.6) is 5.75 Å². The van der Waals surface area contributed by atoms with Crippen molar-refractivity contribution >= 4 is 58.2 Å². The van der Waals surface area contributed by atoms with Crippen LogP contribution in [-0.2, 0) is 16.1 Å². The third-order valence-electron chi connectivity index (χ3n) is 6.28. The minimum absolute atomic E-state index is 0.192. The summed E-state index contributed by atoms with van der Waals surface area (Å²) < 4.78 is 13.2. The number of fused-ring (bicyclic) bond motifs is 1. The number of halogens is 3. The standard InChI is InChI=1S/C30H23Cl3N2O4S/c1-3-38-29(37)26-17(2)34-30-35(27(26)22-9-4-5-10-23(22)32)28(36)25(40-30)14-18-7-6-8-21(13-18)39-16-19-11-12-20(31)15-24(19)33/h4-15,27H,3,16H2,1-2H3/b25-14-. The molecule has 0 aliphatic carbocycles. The number of carbonyl (C=O) groups excluding carboxylic acids is 1. The molecular weight excluding hydrogens is 591 g/mol. The predicted molar refractivity (Wildman–Crippen MR) is 159 cm³/mol. The summed E-state index contributed by atoms with van der Waals surface area (Å²) in [6, 6.07) is 19.0. The Bertz CT molecular complexity index is 1830. The third-order valence-corrected chi connectivity index (χ3v) is 8.20. The number of rotatable bonds is 7. The summed E-state index contributed by atoms with van der Waals surface area (Å²) in [6.45, 7) is 3.92. The van der Waals surface area contributed by atoms with E-state index in [-0.39, 0.29) is 24.3 Å². The molecule has 204 valence electrons. The van der Waals surface area contributed by atoms with Crippen LogP contribution in [-0.4, -0.2) is 17.1 Å². The van der Waals surface area contributed by atoms with Crippen LogP contribution in [0.4, 0.5) is 0 Å². The first-order chi connectivity index (χ1) is 19.3. The van der Waals surface area contributed by atoms with Gasteiger partial charge in [0.05, 0.1) is 22.4 Å². The lowest BCUT2D eigenvalue weighted by Crippen LogP contribution is -2.40. The van der Waals surface area contributed by atoms with Gasteiger partial charge in [0.15, 0.2) is 4.80 Å². The largest absolute Gasteiger partial charge is 0.489 e. The van der Waals surface area contributed by atoms with Crippen molar-refractivity contribution in [2.24, 2.45) is 4.99 Å². The molecule has 5 rings (SSSR count). The Balaban J connectivity index is 1.54. The number of benzene rings is 3. The average molecular weight is 614 g/mol. The second kappa shape index (κ2) is 12.0. The lowest BCUT2D eigenvalue weighted by Gasteiger charge is -2.25. The summed E-state index contributed by atoms with van der Waals surface area (Å²) in [6.07, 6.45) is 1.78. The normalized spacial score (nSPS) is 15.0. The van der Waals surface area contributed by atoms with Crippen LogP contribution in [0.2, 0.25) is 15.1 Å². The first-order valence-corrected chi connectivity index (χ1v) is 14.3. The second-order valence-corrected chi connectivity index (χ2v) is 11.2. The van der Waals surface area contributed by atoms with Crippen LogP contribution in [0.1, 0.15) is 36.6 Å². The summed E-state index contributed by atoms with van der Waals surface area (Å²) >= 11 is 20.1. The fourth-order valence-electron chi connectivity index (χ4n) is 4.43. The Kier molecular flexibility index (Phi) is 8.47. The van der Waals surface area contributed by atoms with E-state index in [4.69, 9.17) is 44.3 Å². The SMILES string of the molecule is CCOC(=O)C1=C(C)N=c2s/c(=C\c3cccc(OCc4ccc(Cl)cc4Cl)c3)c(=O)n2C1c1ccccc1Cl. The van der Waals surface area contributed by atoms with Gasteiger partial charge in [-0.25, -0.2) is 9.79 Å². The molecule has 0 fully saturated rings. The summed E-state index contributed by atoms with van der Waals surface area (Å²) in [5.74, 6) is 0.0792. The van der Waals surface area contributed by atoms with Crippen LogP contribution in [0.3, 0.4) is 0 Å². The molecule has 1 aliphatic rings. The van der Waals surface area contributed by atoms with Gasteiger partial charge in [0.1, 0.15) is 18.4 Å². The topological polar surface area (TPSA) is 69.9 Å². The lowest BCUT2D eigenvalue weighted by molar-refractivity contribution is -0.139. The van der Waals surface area contributed by atoms with Gasteiger partial charge >= 0.3 is 5.97 Å². The van der Waals surface area contributed by atoms with E-state index < -0.39 is 12.0 Å². The molecule has 1 atom stereocenters. The van der Waals surface area contributed by atoms with Gasteiger partial charge in [-0.05, 0) is 61.4 Å². The van der Waals surface area contributed by atoms with Crippen molar-refractivity contribution in [1.29, 1.82) is 0 Å². The van der Waals surface area contributed by atoms with Crippen LogP contribution in [0.25, 0.3) is 6.08 Å². The Morgan fingerprint density at radius 2 is 1.85 bits per heavy atom. The molecule has 4 aromatic rings. The Morgan fingerprint density at radius 1 is 1.05 bits per heavy atom. The number of ether oxygens (including phenoxy) is 2. The minimum atomic E-state index is -0.773. The van der Waals surface area contributed by atoms with Crippen molar-refractivity contribution in [2.75, 3.05) is 6.61 Å². The average Bonchev–Trinajstić information content (AvgIpc) is 3.22. The maximum Gasteiger partial charge on any atom is 0.338 e. The maximum absolute atomic E-state index is 13.8. The van der Waals surface area contributed by atoms with E-state index in [0.717, 1.165) is 11.1 Å². The van der Waals surface area contributed by atoms with Gasteiger partial charge in [0, 0.05) is 20.6 Å². The highest BCUT2D eigenvalue weighted by Crippen LogP contribution is 2.34. The predicted octanol–water partition coefficient (Wildman–Crippen LogP) is 6.34. The molecule has 40 heavy (non-hydrogen) atoms. The third kappa shape index (κ3) is 5.74. The summed E-state index contributed by atoms with van der Waals surface area (Å²) in [5.41, 5.74) is 2.66. The fraction of sp³-hybridized carbons (Fsp3) is 0.167. The quantitative estimate of drug-likeness (QED) is 0.228. The molecule has 0 bridgehead atoms. The van der Waals surface area contributed by atoms with Crippen LogP contribution in [0.15, 0.2) is 87.8 Å². The maximum atomic E-state index is 13.8. The number of hydrogen-bond acceptors (Lipinski definition) is 6. The van der Waals surface area contributed by atoms with Gasteiger partial charge in [-0.2, -0.15) is 0 Å². The highest BCUT2D eigenvalue weighted by molar-refractivity contribution is 7.07. The van der Waals surface area contributed by atoms with Crippen LogP contribution in [0, 0.1) is 0 Å². The van der Waals surface area contributed by atoms with E-state index in [1.54, 1.807) is 50.3 Å². The van der Waals surface area contributed by atoms with Crippen molar-refractivity contribution < 1.29 is 14.3 Å². The van der Waals surface area contributed by atoms with E-state index in [0.29, 0.717) is 41.4 Å². The smallest absolute Gasteiger partial charge is 0.338 e. The minimum Gasteiger partial charge on any atom is -0.489 e. The van der Waals surface area contributed by atoms with Crippen molar-refractivity contribution in [3.05, 3.63) is 129 Å². The molecule has 1 unspecified atom stereocenters. The van der Waals surface area contributed by atoms with Gasteiger partial charge in [0.2, 0.25) is 0 Å². The number of carbonyl (C=O) groups is 1. The number of hydrogen-bond donors (Lipinski definition) is 0. The fourth-order valence-corrected chi connectivity index (χ4v) is 6.18. The molecule has 2 heterocycles. The molecule has 0 spiro atoms. The number of esters is 1. The van der Waals surface area contributed by atoms with Crippen molar-refractivity contribution in [3.8, 4) is 5.75 Å². The van der Waals surface area contributed by atoms with E-state index in [1.165, 1.54) is 15.9 Å². The van der Waals surface area contributed by atoms with Gasteiger partial charge in [-0.15, -0.1) is 0 Å². The summed E-state index contributed by atoms with van der Waals surface area (Å²) in [5, 5.41) is 1.51. The van der Waals surface area contributed by atoms with E-state index in [9.17, 15) is 9.59 Å². The Hall–Kier alpha value is -3.36. The second-order valence-electron chi connectivity index (χ2n) is 8.92. The van der Waals surface area contributed by atoms with Gasteiger partial charge in [-0.3, -0.25) is 9.36 Å². The monoisotopic (exact) mass is 612 g/mol. The molecule has 0 saturated carbocycles. The van der Waals surface area contributed by atoms with Gasteiger partial charge in [0.25, 0.3) is 5.56 Å². The first kappa shape index (κ1) is 28.2. The zero-order chi connectivity index (χ0) is 28.4. The number of aromatic nitrogens is 1. The lowest BCUT2D eigenvalue weighted by atomic mass is 9.96. The highest BCUT2D eigenvalue weighted by Gasteiger charge is 2.34. The molecule has 0 saturated heterocycles. The Labute approximate surface area is 249 Å². The molecule has 1 aliphatic heterocycles. The summed E-state index contributed by atoms with van der Waals surface area (Å²) in [7, 11) is 0. The molecule has 10 heteroatoms. The van der Waals surface area contributed by atoms with Crippen molar-refractivity contribution in [1.82, 2.24) is 4.57 Å². The number of nitrogens with zero attached hydrogens (tertiary/aromatic N) is 2. The van der Waals surface area contributed by atoms with Crippen LogP contribution < -0.4 is 19.6 Å². The van der Waals surface area contributed by atoms with E-state index >= 15 is 0 Å². The van der Waals surface area contributed by atoms with Gasteiger partial charge < -0.3 is 9.47 Å². The molecule has 3 aromatic carbocycles. The van der Waals surface area contributed by atoms with E-state index in [2.05, 4.69) is 4.99 Å². The van der Waals surface area contributed by atoms with Crippen LogP contribution >= 0.6 is 46.1 Å². The first-order valence-electron chi connectivity index (χ1n) is 12.4. The molecule has 0 radical (unpaired) electrons. The molecular formula is C30H23Cl3N2O4S. The van der Waals surface area contributed by atoms with E-state index in [1.807, 2.05) is 36.4 Å².